The lowest BCUT2D eigenvalue weighted by molar-refractivity contribution is -0.137. The number of unbranched alkanes of at least 4 members (excludes halogenated alkanes) is 4. The Balaban J connectivity index is 3.31. The molecule has 0 amide bonds. The fraction of sp³-hybridized carbons (Fsp3) is 0.588. The van der Waals surface area contributed by atoms with Gasteiger partial charge in [0.2, 0.25) is 0 Å². The summed E-state index contributed by atoms with van der Waals surface area (Å²) in [6.45, 7) is 2.21. The van der Waals surface area contributed by atoms with Crippen LogP contribution in [0.1, 0.15) is 64.7 Å². The van der Waals surface area contributed by atoms with Gasteiger partial charge in [-0.25, -0.2) is 0 Å². The molecule has 1 N–H and O–H groups in total. The number of hydrogen-bond donors (Lipinski definition) is 1. The summed E-state index contributed by atoms with van der Waals surface area (Å²) in [5.41, 5.74) is 0. The molecule has 108 valence electrons. The van der Waals surface area contributed by atoms with Crippen LogP contribution in [0.25, 0.3) is 0 Å². The van der Waals surface area contributed by atoms with Gasteiger partial charge >= 0.3 is 5.97 Å². The molecule has 0 aliphatic carbocycles. The van der Waals surface area contributed by atoms with Crippen molar-refractivity contribution in [3.8, 4) is 0 Å². The molecule has 2 nitrogen and oxygen atoms in total. The summed E-state index contributed by atoms with van der Waals surface area (Å²) in [6.07, 6.45) is 21.9. The van der Waals surface area contributed by atoms with Crippen molar-refractivity contribution < 1.29 is 9.90 Å². The molecule has 0 saturated carbocycles. The molecule has 0 rings (SSSR count). The molecule has 0 unspecified atom stereocenters. The number of rotatable bonds is 12. The number of carbonyl (C=O) groups is 1. The van der Waals surface area contributed by atoms with Crippen LogP contribution in [0.5, 0.6) is 0 Å². The maximum absolute atomic E-state index is 10.3. The zero-order valence-corrected chi connectivity index (χ0v) is 12.2. The van der Waals surface area contributed by atoms with Crippen molar-refractivity contribution in [1.82, 2.24) is 0 Å². The van der Waals surface area contributed by atoms with Crippen molar-refractivity contribution in [2.24, 2.45) is 0 Å². The Labute approximate surface area is 117 Å². The Morgan fingerprint density at radius 1 is 0.842 bits per heavy atom. The molecule has 0 bridgehead atoms. The van der Waals surface area contributed by atoms with E-state index < -0.39 is 5.97 Å². The van der Waals surface area contributed by atoms with Gasteiger partial charge in [0.1, 0.15) is 0 Å². The second-order valence-electron chi connectivity index (χ2n) is 4.66. The van der Waals surface area contributed by atoms with E-state index in [2.05, 4.69) is 43.4 Å². The van der Waals surface area contributed by atoms with Crippen molar-refractivity contribution in [3.05, 3.63) is 36.5 Å². The molecule has 0 atom stereocenters. The van der Waals surface area contributed by atoms with Crippen LogP contribution in [0, 0.1) is 0 Å². The molecule has 0 aromatic rings. The molecule has 0 aromatic carbocycles. The zero-order chi connectivity index (χ0) is 14.2. The lowest BCUT2D eigenvalue weighted by Gasteiger charge is -1.91. The first-order valence-corrected chi connectivity index (χ1v) is 7.44. The number of aliphatic carboxylic acids is 1. The predicted octanol–water partition coefficient (Wildman–Crippen LogP) is 5.27. The third kappa shape index (κ3) is 16.7. The van der Waals surface area contributed by atoms with Crippen molar-refractivity contribution in [2.45, 2.75) is 64.7 Å². The van der Waals surface area contributed by atoms with Crippen molar-refractivity contribution in [3.63, 3.8) is 0 Å². The standard InChI is InChI=1S/C17H28O2/c1-2-3-4-5-6-7-8-9-10-11-12-13-14-15-16-17(18)19/h5-6,8-9,12-13H,2-4,7,10-11,14-16H2,1H3,(H,18,19)/b6-5-,9-8-,13-12-. The molecule has 0 saturated heterocycles. The van der Waals surface area contributed by atoms with Crippen LogP contribution >= 0.6 is 0 Å². The quantitative estimate of drug-likeness (QED) is 0.385. The van der Waals surface area contributed by atoms with Crippen LogP contribution in [0.4, 0.5) is 0 Å². The monoisotopic (exact) mass is 264 g/mol. The number of hydrogen-bond acceptors (Lipinski definition) is 1. The Morgan fingerprint density at radius 3 is 2.00 bits per heavy atom. The van der Waals surface area contributed by atoms with Gasteiger partial charge in [0.25, 0.3) is 0 Å². The van der Waals surface area contributed by atoms with Crippen molar-refractivity contribution >= 4 is 5.97 Å². The van der Waals surface area contributed by atoms with Crippen LogP contribution in [0.3, 0.4) is 0 Å². The molecule has 0 spiro atoms. The minimum atomic E-state index is -0.705. The van der Waals surface area contributed by atoms with Crippen molar-refractivity contribution in [2.75, 3.05) is 0 Å². The fourth-order valence-corrected chi connectivity index (χ4v) is 1.63. The number of carboxylic acid groups (broad SMARTS) is 1. The minimum Gasteiger partial charge on any atom is -0.481 e. The Morgan fingerprint density at radius 2 is 1.37 bits per heavy atom. The maximum atomic E-state index is 10.3. The van der Waals surface area contributed by atoms with Crippen molar-refractivity contribution in [1.29, 1.82) is 0 Å². The molecule has 0 aromatic heterocycles. The smallest absolute Gasteiger partial charge is 0.303 e. The highest BCUT2D eigenvalue weighted by Gasteiger charge is 1.92. The van der Waals surface area contributed by atoms with Crippen LogP contribution in [-0.2, 0) is 4.79 Å². The first-order valence-electron chi connectivity index (χ1n) is 7.44. The first kappa shape index (κ1) is 17.7. The molecule has 0 radical (unpaired) electrons. The van der Waals surface area contributed by atoms with E-state index in [1.807, 2.05) is 0 Å². The van der Waals surface area contributed by atoms with Crippen LogP contribution < -0.4 is 0 Å². The van der Waals surface area contributed by atoms with E-state index >= 15 is 0 Å². The van der Waals surface area contributed by atoms with Gasteiger partial charge in [0.15, 0.2) is 0 Å². The third-order valence-corrected chi connectivity index (χ3v) is 2.76. The van der Waals surface area contributed by atoms with E-state index in [1.165, 1.54) is 19.3 Å². The van der Waals surface area contributed by atoms with E-state index in [1.54, 1.807) is 0 Å². The predicted molar refractivity (Wildman–Crippen MR) is 82.3 cm³/mol. The number of allylic oxidation sites excluding steroid dienone is 6. The molecular formula is C17H28O2. The maximum Gasteiger partial charge on any atom is 0.303 e. The molecule has 2 heteroatoms. The van der Waals surface area contributed by atoms with E-state index in [0.717, 1.165) is 32.1 Å². The minimum absolute atomic E-state index is 0.272. The van der Waals surface area contributed by atoms with Crippen LogP contribution in [0.15, 0.2) is 36.5 Å². The molecule has 0 aliphatic rings. The molecule has 0 aliphatic heterocycles. The summed E-state index contributed by atoms with van der Waals surface area (Å²) in [6, 6.07) is 0. The summed E-state index contributed by atoms with van der Waals surface area (Å²) in [5.74, 6) is -0.705. The third-order valence-electron chi connectivity index (χ3n) is 2.76. The second-order valence-corrected chi connectivity index (χ2v) is 4.66. The molecular weight excluding hydrogens is 236 g/mol. The van der Waals surface area contributed by atoms with Gasteiger partial charge in [-0.3, -0.25) is 4.79 Å². The summed E-state index contributed by atoms with van der Waals surface area (Å²) in [5, 5.41) is 8.47. The van der Waals surface area contributed by atoms with Gasteiger partial charge in [0, 0.05) is 6.42 Å². The van der Waals surface area contributed by atoms with Gasteiger partial charge in [-0.2, -0.15) is 0 Å². The summed E-state index contributed by atoms with van der Waals surface area (Å²) in [7, 11) is 0. The lowest BCUT2D eigenvalue weighted by atomic mass is 10.2. The molecule has 0 heterocycles. The Bertz CT molecular complexity index is 288. The summed E-state index contributed by atoms with van der Waals surface area (Å²) in [4.78, 5) is 10.3. The first-order chi connectivity index (χ1) is 9.27. The normalized spacial score (nSPS) is 12.1. The van der Waals surface area contributed by atoms with Gasteiger partial charge in [0.05, 0.1) is 0 Å². The Hall–Kier alpha value is -1.31. The van der Waals surface area contributed by atoms with E-state index in [9.17, 15) is 4.79 Å². The fourth-order valence-electron chi connectivity index (χ4n) is 1.63. The summed E-state index contributed by atoms with van der Waals surface area (Å²) < 4.78 is 0. The van der Waals surface area contributed by atoms with E-state index in [-0.39, 0.29) is 6.42 Å². The summed E-state index contributed by atoms with van der Waals surface area (Å²) >= 11 is 0. The number of carboxylic acids is 1. The van der Waals surface area contributed by atoms with Crippen LogP contribution in [-0.4, -0.2) is 11.1 Å². The molecule has 19 heavy (non-hydrogen) atoms. The lowest BCUT2D eigenvalue weighted by Crippen LogP contribution is -1.92. The van der Waals surface area contributed by atoms with Gasteiger partial charge in [-0.05, 0) is 38.5 Å². The van der Waals surface area contributed by atoms with Gasteiger partial charge in [-0.15, -0.1) is 0 Å². The second kappa shape index (κ2) is 14.7. The Kier molecular flexibility index (Phi) is 13.7. The highest BCUT2D eigenvalue weighted by atomic mass is 16.4. The molecule has 0 fully saturated rings. The van der Waals surface area contributed by atoms with Crippen LogP contribution in [0.2, 0.25) is 0 Å². The largest absolute Gasteiger partial charge is 0.481 e. The van der Waals surface area contributed by atoms with E-state index in [0.29, 0.717) is 0 Å². The highest BCUT2D eigenvalue weighted by Crippen LogP contribution is 2.01. The average molecular weight is 264 g/mol. The van der Waals surface area contributed by atoms with Gasteiger partial charge in [-0.1, -0.05) is 56.2 Å². The van der Waals surface area contributed by atoms with Gasteiger partial charge < -0.3 is 5.11 Å². The topological polar surface area (TPSA) is 37.3 Å². The average Bonchev–Trinajstić information content (AvgIpc) is 2.39. The zero-order valence-electron chi connectivity index (χ0n) is 12.2. The van der Waals surface area contributed by atoms with E-state index in [4.69, 9.17) is 5.11 Å². The SMILES string of the molecule is CCCC/C=C\C/C=C\CC/C=C\CCCC(=O)O. The highest BCUT2D eigenvalue weighted by molar-refractivity contribution is 5.66.